The maximum Gasteiger partial charge on any atom is 0.273 e. The largest absolute Gasteiger partial charge is 0.507 e. The Morgan fingerprint density at radius 1 is 1.16 bits per heavy atom. The normalized spacial score (nSPS) is 10.5. The number of phenolic OH excluding ortho intramolecular Hbond substituents is 1. The molecule has 0 aliphatic carbocycles. The number of amides is 1. The molecule has 0 heterocycles. The van der Waals surface area contributed by atoms with Crippen molar-refractivity contribution < 1.29 is 9.90 Å². The Morgan fingerprint density at radius 2 is 1.84 bits per heavy atom. The van der Waals surface area contributed by atoms with Crippen LogP contribution in [0.15, 0.2) is 53.6 Å². The molecule has 19 heavy (non-hydrogen) atoms. The summed E-state index contributed by atoms with van der Waals surface area (Å²) in [7, 11) is 0. The van der Waals surface area contributed by atoms with Crippen LogP contribution in [0.4, 0.5) is 5.69 Å². The van der Waals surface area contributed by atoms with E-state index in [4.69, 9.17) is 5.73 Å². The second kappa shape index (κ2) is 5.68. The third-order valence-corrected chi connectivity index (χ3v) is 2.51. The van der Waals surface area contributed by atoms with Crippen LogP contribution in [0.3, 0.4) is 0 Å². The zero-order valence-electron chi connectivity index (χ0n) is 10.1. The van der Waals surface area contributed by atoms with Crippen LogP contribution in [0.2, 0.25) is 0 Å². The van der Waals surface area contributed by atoms with Gasteiger partial charge in [-0.2, -0.15) is 5.10 Å². The highest BCUT2D eigenvalue weighted by Crippen LogP contribution is 2.13. The van der Waals surface area contributed by atoms with E-state index in [2.05, 4.69) is 10.5 Å². The SMILES string of the molecule is Nc1ccccc1C(=O)NN=Cc1ccccc1O. The number of anilines is 1. The number of phenols is 1. The molecule has 0 atom stereocenters. The minimum absolute atomic E-state index is 0.0970. The number of carbonyl (C=O) groups is 1. The molecule has 0 aliphatic heterocycles. The number of rotatable bonds is 3. The Morgan fingerprint density at radius 3 is 2.58 bits per heavy atom. The van der Waals surface area contributed by atoms with E-state index in [1.165, 1.54) is 6.21 Å². The first kappa shape index (κ1) is 12.6. The maximum atomic E-state index is 11.8. The van der Waals surface area contributed by atoms with Gasteiger partial charge in [0.15, 0.2) is 0 Å². The monoisotopic (exact) mass is 255 g/mol. The highest BCUT2D eigenvalue weighted by molar-refractivity contribution is 5.99. The van der Waals surface area contributed by atoms with E-state index in [-0.39, 0.29) is 5.75 Å². The molecule has 1 amide bonds. The van der Waals surface area contributed by atoms with Crippen molar-refractivity contribution in [2.24, 2.45) is 5.10 Å². The van der Waals surface area contributed by atoms with Crippen LogP contribution in [0.25, 0.3) is 0 Å². The molecule has 4 N–H and O–H groups in total. The fourth-order valence-electron chi connectivity index (χ4n) is 1.52. The van der Waals surface area contributed by atoms with Crippen LogP contribution in [-0.4, -0.2) is 17.2 Å². The van der Waals surface area contributed by atoms with Crippen molar-refractivity contribution in [3.8, 4) is 5.75 Å². The number of nitrogens with zero attached hydrogens (tertiary/aromatic N) is 1. The minimum Gasteiger partial charge on any atom is -0.507 e. The molecular formula is C14H13N3O2. The van der Waals surface area contributed by atoms with E-state index in [1.807, 2.05) is 0 Å². The highest BCUT2D eigenvalue weighted by Gasteiger charge is 2.06. The minimum atomic E-state index is -0.398. The van der Waals surface area contributed by atoms with Crippen LogP contribution in [0.5, 0.6) is 5.75 Å². The number of hydrogen-bond acceptors (Lipinski definition) is 4. The number of benzene rings is 2. The fraction of sp³-hybridized carbons (Fsp3) is 0. The molecule has 0 radical (unpaired) electrons. The predicted octanol–water partition coefficient (Wildman–Crippen LogP) is 1.74. The van der Waals surface area contributed by atoms with Gasteiger partial charge in [-0.3, -0.25) is 4.79 Å². The number of nitrogens with one attached hydrogen (secondary N) is 1. The molecule has 0 aliphatic rings. The molecule has 0 bridgehead atoms. The van der Waals surface area contributed by atoms with Gasteiger partial charge in [0.05, 0.1) is 11.8 Å². The van der Waals surface area contributed by atoms with Gasteiger partial charge >= 0.3 is 0 Å². The summed E-state index contributed by atoms with van der Waals surface area (Å²) >= 11 is 0. The lowest BCUT2D eigenvalue weighted by Crippen LogP contribution is -2.18. The Kier molecular flexibility index (Phi) is 3.78. The van der Waals surface area contributed by atoms with Crippen LogP contribution in [0, 0.1) is 0 Å². The molecule has 2 rings (SSSR count). The molecule has 0 spiro atoms. The predicted molar refractivity (Wildman–Crippen MR) is 74.0 cm³/mol. The van der Waals surface area contributed by atoms with Crippen molar-refractivity contribution in [1.29, 1.82) is 0 Å². The molecular weight excluding hydrogens is 242 g/mol. The lowest BCUT2D eigenvalue weighted by atomic mass is 10.2. The zero-order chi connectivity index (χ0) is 13.7. The van der Waals surface area contributed by atoms with Crippen molar-refractivity contribution >= 4 is 17.8 Å². The summed E-state index contributed by atoms with van der Waals surface area (Å²) in [6.45, 7) is 0. The van der Waals surface area contributed by atoms with Gasteiger partial charge in [-0.15, -0.1) is 0 Å². The molecule has 0 unspecified atom stereocenters. The first-order valence-corrected chi connectivity index (χ1v) is 5.64. The summed E-state index contributed by atoms with van der Waals surface area (Å²) in [6.07, 6.45) is 1.37. The Bertz CT molecular complexity index is 624. The smallest absolute Gasteiger partial charge is 0.273 e. The van der Waals surface area contributed by atoms with Crippen LogP contribution in [0.1, 0.15) is 15.9 Å². The molecule has 0 fully saturated rings. The lowest BCUT2D eigenvalue weighted by molar-refractivity contribution is 0.0956. The Hall–Kier alpha value is -2.82. The van der Waals surface area contributed by atoms with E-state index in [9.17, 15) is 9.90 Å². The van der Waals surface area contributed by atoms with Crippen molar-refractivity contribution in [2.75, 3.05) is 5.73 Å². The van der Waals surface area contributed by atoms with Crippen molar-refractivity contribution in [2.45, 2.75) is 0 Å². The molecule has 96 valence electrons. The molecule has 0 saturated heterocycles. The van der Waals surface area contributed by atoms with Gasteiger partial charge in [0, 0.05) is 11.3 Å². The van der Waals surface area contributed by atoms with E-state index < -0.39 is 5.91 Å². The lowest BCUT2D eigenvalue weighted by Gasteiger charge is -2.03. The fourth-order valence-corrected chi connectivity index (χ4v) is 1.52. The van der Waals surface area contributed by atoms with E-state index in [0.717, 1.165) is 0 Å². The summed E-state index contributed by atoms with van der Waals surface area (Å²) in [6, 6.07) is 13.4. The van der Waals surface area contributed by atoms with Gasteiger partial charge in [-0.1, -0.05) is 24.3 Å². The number of hydrazone groups is 1. The number of hydrogen-bond donors (Lipinski definition) is 3. The topological polar surface area (TPSA) is 87.7 Å². The van der Waals surface area contributed by atoms with E-state index in [0.29, 0.717) is 16.8 Å². The van der Waals surface area contributed by atoms with Gasteiger partial charge in [-0.05, 0) is 24.3 Å². The van der Waals surface area contributed by atoms with Crippen LogP contribution >= 0.6 is 0 Å². The van der Waals surface area contributed by atoms with Gasteiger partial charge in [0.2, 0.25) is 0 Å². The van der Waals surface area contributed by atoms with Crippen molar-refractivity contribution in [3.63, 3.8) is 0 Å². The maximum absolute atomic E-state index is 11.8. The average Bonchev–Trinajstić information content (AvgIpc) is 2.41. The van der Waals surface area contributed by atoms with Crippen molar-refractivity contribution in [1.82, 2.24) is 5.43 Å². The number of nitrogen functional groups attached to an aromatic ring is 1. The van der Waals surface area contributed by atoms with Crippen LogP contribution < -0.4 is 11.2 Å². The molecule has 2 aromatic rings. The molecule has 5 nitrogen and oxygen atoms in total. The second-order valence-corrected chi connectivity index (χ2v) is 3.85. The van der Waals surface area contributed by atoms with Gasteiger partial charge < -0.3 is 10.8 Å². The summed E-state index contributed by atoms with van der Waals surface area (Å²) in [5.41, 5.74) is 9.29. The second-order valence-electron chi connectivity index (χ2n) is 3.85. The summed E-state index contributed by atoms with van der Waals surface area (Å²) in [5, 5.41) is 13.3. The molecule has 5 heteroatoms. The first-order chi connectivity index (χ1) is 9.18. The van der Waals surface area contributed by atoms with Gasteiger partial charge in [0.1, 0.15) is 5.75 Å². The molecule has 0 aromatic heterocycles. The van der Waals surface area contributed by atoms with Gasteiger partial charge in [-0.25, -0.2) is 5.43 Å². The highest BCUT2D eigenvalue weighted by atomic mass is 16.3. The Balaban J connectivity index is 2.06. The molecule has 0 saturated carbocycles. The van der Waals surface area contributed by atoms with Crippen molar-refractivity contribution in [3.05, 3.63) is 59.7 Å². The number of carbonyl (C=O) groups excluding carboxylic acids is 1. The number of para-hydroxylation sites is 2. The third-order valence-electron chi connectivity index (χ3n) is 2.51. The summed E-state index contributed by atoms with van der Waals surface area (Å²) in [4.78, 5) is 11.8. The quantitative estimate of drug-likeness (QED) is 0.443. The third kappa shape index (κ3) is 3.10. The summed E-state index contributed by atoms with van der Waals surface area (Å²) in [5.74, 6) is -0.301. The Labute approximate surface area is 110 Å². The number of aromatic hydroxyl groups is 1. The van der Waals surface area contributed by atoms with E-state index >= 15 is 0 Å². The standard InChI is InChI=1S/C14H13N3O2/c15-12-7-3-2-6-11(12)14(19)17-16-9-10-5-1-4-8-13(10)18/h1-9,18H,15H2,(H,17,19). The average molecular weight is 255 g/mol. The summed E-state index contributed by atoms with van der Waals surface area (Å²) < 4.78 is 0. The zero-order valence-corrected chi connectivity index (χ0v) is 10.1. The first-order valence-electron chi connectivity index (χ1n) is 5.64. The van der Waals surface area contributed by atoms with Crippen LogP contribution in [-0.2, 0) is 0 Å². The molecule has 2 aromatic carbocycles. The number of nitrogens with two attached hydrogens (primary N) is 1. The van der Waals surface area contributed by atoms with Gasteiger partial charge in [0.25, 0.3) is 5.91 Å². The van der Waals surface area contributed by atoms with E-state index in [1.54, 1.807) is 48.5 Å².